The molecule has 0 aromatic heterocycles. The third kappa shape index (κ3) is 2.60. The summed E-state index contributed by atoms with van der Waals surface area (Å²) in [6, 6.07) is 14.1. The van der Waals surface area contributed by atoms with E-state index in [1.807, 2.05) is 38.2 Å². The number of benzene rings is 2. The monoisotopic (exact) mass is 253 g/mol. The highest BCUT2D eigenvalue weighted by Crippen LogP contribution is 2.29. The summed E-state index contributed by atoms with van der Waals surface area (Å²) in [4.78, 5) is 2.08. The number of aryl methyl sites for hydroxylation is 2. The molecule has 0 saturated heterocycles. The molecule has 0 bridgehead atoms. The molecular formula is C16H19N3. The molecule has 98 valence electrons. The first kappa shape index (κ1) is 13.1. The molecule has 3 nitrogen and oxygen atoms in total. The van der Waals surface area contributed by atoms with Crippen LogP contribution in [0.2, 0.25) is 0 Å². The quantitative estimate of drug-likeness (QED) is 0.651. The van der Waals surface area contributed by atoms with E-state index in [-0.39, 0.29) is 5.84 Å². The number of nitrogens with one attached hydrogen (secondary N) is 1. The Morgan fingerprint density at radius 1 is 1.05 bits per heavy atom. The molecule has 0 aliphatic carbocycles. The van der Waals surface area contributed by atoms with Gasteiger partial charge >= 0.3 is 0 Å². The van der Waals surface area contributed by atoms with Crippen molar-refractivity contribution in [3.05, 3.63) is 59.2 Å². The van der Waals surface area contributed by atoms with Crippen molar-refractivity contribution in [3.8, 4) is 0 Å². The molecule has 2 aromatic rings. The van der Waals surface area contributed by atoms with Gasteiger partial charge in [0, 0.05) is 18.3 Å². The second-order valence-corrected chi connectivity index (χ2v) is 4.78. The van der Waals surface area contributed by atoms with Crippen molar-refractivity contribution in [1.82, 2.24) is 0 Å². The Hall–Kier alpha value is -2.29. The Labute approximate surface area is 114 Å². The van der Waals surface area contributed by atoms with Crippen molar-refractivity contribution >= 4 is 17.2 Å². The van der Waals surface area contributed by atoms with E-state index < -0.39 is 0 Å². The minimum Gasteiger partial charge on any atom is -0.384 e. The molecule has 19 heavy (non-hydrogen) atoms. The summed E-state index contributed by atoms with van der Waals surface area (Å²) in [5.74, 6) is 0.0930. The number of nitrogen functional groups attached to an aromatic ring is 1. The van der Waals surface area contributed by atoms with Crippen LogP contribution < -0.4 is 10.6 Å². The van der Waals surface area contributed by atoms with E-state index in [4.69, 9.17) is 11.1 Å². The Kier molecular flexibility index (Phi) is 3.56. The van der Waals surface area contributed by atoms with Gasteiger partial charge in [-0.2, -0.15) is 0 Å². The van der Waals surface area contributed by atoms with Crippen LogP contribution in [-0.4, -0.2) is 12.9 Å². The second-order valence-electron chi connectivity index (χ2n) is 4.78. The summed E-state index contributed by atoms with van der Waals surface area (Å²) in [5.41, 5.74) is 10.9. The second kappa shape index (κ2) is 5.14. The third-order valence-corrected chi connectivity index (χ3v) is 3.28. The molecule has 0 radical (unpaired) electrons. The van der Waals surface area contributed by atoms with Gasteiger partial charge in [-0.25, -0.2) is 0 Å². The fourth-order valence-electron chi connectivity index (χ4n) is 2.22. The Morgan fingerprint density at radius 3 is 2.37 bits per heavy atom. The highest BCUT2D eigenvalue weighted by Gasteiger charge is 2.12. The minimum atomic E-state index is 0.0930. The zero-order valence-corrected chi connectivity index (χ0v) is 11.6. The van der Waals surface area contributed by atoms with Gasteiger partial charge in [-0.1, -0.05) is 24.3 Å². The number of hydrogen-bond acceptors (Lipinski definition) is 2. The summed E-state index contributed by atoms with van der Waals surface area (Å²) in [5, 5.41) is 7.71. The molecule has 0 aliphatic heterocycles. The molecule has 0 saturated carbocycles. The van der Waals surface area contributed by atoms with Crippen molar-refractivity contribution in [2.45, 2.75) is 13.8 Å². The normalized spacial score (nSPS) is 10.3. The number of nitrogens with zero attached hydrogens (tertiary/aromatic N) is 1. The van der Waals surface area contributed by atoms with Gasteiger partial charge in [0.1, 0.15) is 5.84 Å². The average molecular weight is 253 g/mol. The molecule has 2 aromatic carbocycles. The van der Waals surface area contributed by atoms with Crippen molar-refractivity contribution < 1.29 is 0 Å². The number of amidine groups is 1. The van der Waals surface area contributed by atoms with Crippen molar-refractivity contribution in [3.63, 3.8) is 0 Å². The van der Waals surface area contributed by atoms with Gasteiger partial charge in [0.15, 0.2) is 0 Å². The first-order valence-electron chi connectivity index (χ1n) is 6.25. The number of rotatable bonds is 3. The molecule has 0 amide bonds. The molecule has 0 atom stereocenters. The van der Waals surface area contributed by atoms with E-state index in [1.54, 1.807) is 0 Å². The SMILES string of the molecule is Cc1ccc(C(=N)N)c(N(C)c2ccccc2C)c1. The van der Waals surface area contributed by atoms with Gasteiger partial charge in [-0.15, -0.1) is 0 Å². The van der Waals surface area contributed by atoms with E-state index in [0.717, 1.165) is 22.5 Å². The molecular weight excluding hydrogens is 234 g/mol. The summed E-state index contributed by atoms with van der Waals surface area (Å²) in [7, 11) is 2.00. The van der Waals surface area contributed by atoms with Crippen LogP contribution in [0.1, 0.15) is 16.7 Å². The van der Waals surface area contributed by atoms with Crippen LogP contribution in [-0.2, 0) is 0 Å². The summed E-state index contributed by atoms with van der Waals surface area (Å²) >= 11 is 0. The Balaban J connectivity index is 2.55. The summed E-state index contributed by atoms with van der Waals surface area (Å²) in [6.45, 7) is 4.12. The standard InChI is InChI=1S/C16H19N3/c1-11-8-9-13(16(17)18)15(10-11)19(3)14-7-5-4-6-12(14)2/h4-10H,1-3H3,(H3,17,18). The predicted octanol–water partition coefficient (Wildman–Crippen LogP) is 3.36. The van der Waals surface area contributed by atoms with Crippen LogP contribution in [0.25, 0.3) is 0 Å². The first-order chi connectivity index (χ1) is 9.00. The number of nitrogens with two attached hydrogens (primary N) is 1. The molecule has 3 heteroatoms. The molecule has 0 spiro atoms. The van der Waals surface area contributed by atoms with Crippen LogP contribution in [0.4, 0.5) is 11.4 Å². The summed E-state index contributed by atoms with van der Waals surface area (Å²) < 4.78 is 0. The van der Waals surface area contributed by atoms with Gasteiger partial charge in [-0.05, 0) is 43.2 Å². The Morgan fingerprint density at radius 2 is 1.74 bits per heavy atom. The lowest BCUT2D eigenvalue weighted by Crippen LogP contribution is -2.19. The van der Waals surface area contributed by atoms with E-state index in [2.05, 4.69) is 30.0 Å². The predicted molar refractivity (Wildman–Crippen MR) is 81.4 cm³/mol. The van der Waals surface area contributed by atoms with Crippen molar-refractivity contribution in [2.75, 3.05) is 11.9 Å². The van der Waals surface area contributed by atoms with Crippen molar-refractivity contribution in [2.24, 2.45) is 5.73 Å². The van der Waals surface area contributed by atoms with E-state index >= 15 is 0 Å². The van der Waals surface area contributed by atoms with Crippen LogP contribution in [0.15, 0.2) is 42.5 Å². The lowest BCUT2D eigenvalue weighted by molar-refractivity contribution is 1.17. The minimum absolute atomic E-state index is 0.0930. The van der Waals surface area contributed by atoms with Gasteiger partial charge in [0.25, 0.3) is 0 Å². The van der Waals surface area contributed by atoms with Crippen LogP contribution >= 0.6 is 0 Å². The van der Waals surface area contributed by atoms with Crippen LogP contribution in [0, 0.1) is 19.3 Å². The maximum absolute atomic E-state index is 7.71. The van der Waals surface area contributed by atoms with Crippen LogP contribution in [0.3, 0.4) is 0 Å². The maximum atomic E-state index is 7.71. The van der Waals surface area contributed by atoms with Crippen molar-refractivity contribution in [1.29, 1.82) is 5.41 Å². The van der Waals surface area contributed by atoms with Gasteiger partial charge in [0.2, 0.25) is 0 Å². The highest BCUT2D eigenvalue weighted by molar-refractivity contribution is 6.01. The molecule has 0 fully saturated rings. The smallest absolute Gasteiger partial charge is 0.124 e. The maximum Gasteiger partial charge on any atom is 0.124 e. The lowest BCUT2D eigenvalue weighted by Gasteiger charge is -2.24. The number of para-hydroxylation sites is 1. The Bertz CT molecular complexity index is 617. The molecule has 0 heterocycles. The summed E-state index contributed by atoms with van der Waals surface area (Å²) in [6.07, 6.45) is 0. The molecule has 3 N–H and O–H groups in total. The fourth-order valence-corrected chi connectivity index (χ4v) is 2.22. The van der Waals surface area contributed by atoms with E-state index in [9.17, 15) is 0 Å². The molecule has 2 rings (SSSR count). The lowest BCUT2D eigenvalue weighted by atomic mass is 10.1. The number of hydrogen-bond donors (Lipinski definition) is 2. The molecule has 0 aliphatic rings. The number of anilines is 2. The first-order valence-corrected chi connectivity index (χ1v) is 6.25. The van der Waals surface area contributed by atoms with Gasteiger partial charge in [0.05, 0.1) is 5.69 Å². The van der Waals surface area contributed by atoms with Crippen LogP contribution in [0.5, 0.6) is 0 Å². The third-order valence-electron chi connectivity index (χ3n) is 3.28. The zero-order chi connectivity index (χ0) is 14.0. The van der Waals surface area contributed by atoms with Gasteiger partial charge in [-0.3, -0.25) is 5.41 Å². The largest absolute Gasteiger partial charge is 0.384 e. The van der Waals surface area contributed by atoms with E-state index in [1.165, 1.54) is 5.56 Å². The topological polar surface area (TPSA) is 53.1 Å². The van der Waals surface area contributed by atoms with E-state index in [0.29, 0.717) is 0 Å². The fraction of sp³-hybridized carbons (Fsp3) is 0.188. The zero-order valence-electron chi connectivity index (χ0n) is 11.6. The average Bonchev–Trinajstić information content (AvgIpc) is 2.38. The molecule has 0 unspecified atom stereocenters. The highest BCUT2D eigenvalue weighted by atomic mass is 15.1. The van der Waals surface area contributed by atoms with Gasteiger partial charge < -0.3 is 10.6 Å².